The third kappa shape index (κ3) is 3.57. The molecule has 4 rings (SSSR count). The minimum absolute atomic E-state index is 0. The summed E-state index contributed by atoms with van der Waals surface area (Å²) in [5.41, 5.74) is 17.3. The molecule has 28 heavy (non-hydrogen) atoms. The van der Waals surface area contributed by atoms with Crippen LogP contribution in [0.3, 0.4) is 0 Å². The van der Waals surface area contributed by atoms with E-state index in [4.69, 9.17) is 5.73 Å². The highest BCUT2D eigenvalue weighted by molar-refractivity contribution is 14.0. The van der Waals surface area contributed by atoms with Crippen molar-refractivity contribution < 1.29 is 11.0 Å². The van der Waals surface area contributed by atoms with Gasteiger partial charge in [-0.25, -0.2) is 0 Å². The highest BCUT2D eigenvalue weighted by Crippen LogP contribution is 2.38. The molecule has 7 nitrogen and oxygen atoms in total. The van der Waals surface area contributed by atoms with Gasteiger partial charge in [-0.15, -0.1) is 29.5 Å². The Labute approximate surface area is 182 Å². The number of amides is 2. The number of hydrazine groups is 2. The number of nitrogens with one attached hydrogen (secondary N) is 2. The number of para-hydroxylation sites is 1. The van der Waals surface area contributed by atoms with Crippen molar-refractivity contribution in [2.24, 2.45) is 5.73 Å². The molecule has 0 unspecified atom stereocenters. The van der Waals surface area contributed by atoms with Crippen molar-refractivity contribution in [2.75, 3.05) is 11.9 Å². The van der Waals surface area contributed by atoms with Gasteiger partial charge >= 0.3 is 0 Å². The highest BCUT2D eigenvalue weighted by Gasteiger charge is 2.31. The third-order valence-electron chi connectivity index (χ3n) is 4.87. The summed E-state index contributed by atoms with van der Waals surface area (Å²) in [5, 5.41) is 1.94. The van der Waals surface area contributed by atoms with Gasteiger partial charge < -0.3 is 16.1 Å². The molecule has 2 aromatic rings. The van der Waals surface area contributed by atoms with E-state index in [1.807, 2.05) is 54.5 Å². The van der Waals surface area contributed by atoms with E-state index in [-0.39, 0.29) is 44.2 Å². The second kappa shape index (κ2) is 8.19. The van der Waals surface area contributed by atoms with Gasteiger partial charge in [0.1, 0.15) is 0 Å². The molecule has 148 valence electrons. The van der Waals surface area contributed by atoms with Crippen LogP contribution in [0.4, 0.5) is 5.69 Å². The molecule has 2 aliphatic rings. The molecule has 0 radical (unpaired) electrons. The zero-order valence-electron chi connectivity index (χ0n) is 15.4. The predicted octanol–water partition coefficient (Wildman–Crippen LogP) is 2.44. The van der Waals surface area contributed by atoms with E-state index >= 15 is 0 Å². The van der Waals surface area contributed by atoms with Crippen LogP contribution < -0.4 is 21.6 Å². The molecule has 0 atom stereocenters. The Kier molecular flexibility index (Phi) is 5.90. The Morgan fingerprint density at radius 3 is 2.50 bits per heavy atom. The van der Waals surface area contributed by atoms with Crippen LogP contribution in [0, 0.1) is 0 Å². The fourth-order valence-corrected chi connectivity index (χ4v) is 3.59. The van der Waals surface area contributed by atoms with Crippen LogP contribution >= 0.6 is 24.0 Å². The van der Waals surface area contributed by atoms with Crippen molar-refractivity contribution in [2.45, 2.75) is 19.4 Å². The summed E-state index contributed by atoms with van der Waals surface area (Å²) in [7, 11) is 1.95. The summed E-state index contributed by atoms with van der Waals surface area (Å²) in [6, 6.07) is 15.8. The Hall–Kier alpha value is -2.59. The normalized spacial score (nSPS) is 14.8. The number of hydrogen-bond donors (Lipinski definition) is 3. The first-order chi connectivity index (χ1) is 13.1. The number of nitrogens with zero attached hydrogens (tertiary/aromatic N) is 2. The van der Waals surface area contributed by atoms with Crippen LogP contribution in [0.25, 0.3) is 11.4 Å². The predicted molar refractivity (Wildman–Crippen MR) is 121 cm³/mol. The standard InChI is InChI=1S/C20H21N5O2.HI.H2/c1-24-20-14-7-3-2-6-13(14)12-25(18(27)11-10-17(21)26)16-9-5-4-8-15(16)19(20)22-23-24;;/h2-9,22-23H,10-12H2,1H3,(H2,21,26);2*1H. The first-order valence-electron chi connectivity index (χ1n) is 8.82. The number of carbonyl (C=O) groups is 2. The lowest BCUT2D eigenvalue weighted by Crippen LogP contribution is -2.34. The van der Waals surface area contributed by atoms with Crippen LogP contribution in [-0.2, 0) is 16.1 Å². The van der Waals surface area contributed by atoms with E-state index in [0.717, 1.165) is 33.8 Å². The fraction of sp³-hybridized carbons (Fsp3) is 0.200. The second-order valence-corrected chi connectivity index (χ2v) is 6.64. The summed E-state index contributed by atoms with van der Waals surface area (Å²) in [6.45, 7) is 0.426. The van der Waals surface area contributed by atoms with E-state index in [1.165, 1.54) is 0 Å². The first kappa shape index (κ1) is 20.2. The molecule has 0 spiro atoms. The molecule has 0 fully saturated rings. The smallest absolute Gasteiger partial charge is 0.227 e. The number of fused-ring (bicyclic) bond motifs is 4. The van der Waals surface area contributed by atoms with Gasteiger partial charge in [0.25, 0.3) is 0 Å². The molecule has 0 aliphatic carbocycles. The molecule has 0 bridgehead atoms. The second-order valence-electron chi connectivity index (χ2n) is 6.64. The zero-order chi connectivity index (χ0) is 19.0. The van der Waals surface area contributed by atoms with Crippen molar-refractivity contribution in [1.29, 1.82) is 0 Å². The number of nitrogens with two attached hydrogens (primary N) is 1. The molecule has 4 N–H and O–H groups in total. The van der Waals surface area contributed by atoms with Gasteiger partial charge in [-0.05, 0) is 11.6 Å². The molecule has 0 aromatic heterocycles. The maximum absolute atomic E-state index is 13.0. The van der Waals surface area contributed by atoms with E-state index in [1.54, 1.807) is 4.90 Å². The van der Waals surface area contributed by atoms with Crippen molar-refractivity contribution >= 4 is 52.9 Å². The van der Waals surface area contributed by atoms with E-state index in [9.17, 15) is 9.59 Å². The van der Waals surface area contributed by atoms with Gasteiger partial charge in [-0.2, -0.15) is 0 Å². The van der Waals surface area contributed by atoms with Gasteiger partial charge in [0.05, 0.1) is 23.6 Å². The Morgan fingerprint density at radius 1 is 1.07 bits per heavy atom. The molecular weight excluding hydrogens is 469 g/mol. The summed E-state index contributed by atoms with van der Waals surface area (Å²) >= 11 is 0. The molecule has 8 heteroatoms. The number of carbonyl (C=O) groups excluding carboxylic acids is 2. The van der Waals surface area contributed by atoms with Gasteiger partial charge in [-0.3, -0.25) is 14.6 Å². The molecule has 2 aliphatic heterocycles. The molecule has 2 amide bonds. The highest BCUT2D eigenvalue weighted by atomic mass is 127. The topological polar surface area (TPSA) is 90.7 Å². The average molecular weight is 493 g/mol. The van der Waals surface area contributed by atoms with Crippen molar-refractivity contribution in [3.05, 3.63) is 65.2 Å². The number of hydrogen-bond acceptors (Lipinski definition) is 5. The van der Waals surface area contributed by atoms with Gasteiger partial charge in [0.15, 0.2) is 0 Å². The van der Waals surface area contributed by atoms with E-state index in [0.29, 0.717) is 6.54 Å². The average Bonchev–Trinajstić information content (AvgIpc) is 3.04. The van der Waals surface area contributed by atoms with Crippen LogP contribution in [0.1, 0.15) is 31.0 Å². The van der Waals surface area contributed by atoms with Gasteiger partial charge in [0.2, 0.25) is 11.8 Å². The largest absolute Gasteiger partial charge is 0.370 e. The molecular formula is C20H24IN5O2. The van der Waals surface area contributed by atoms with E-state index < -0.39 is 5.91 Å². The summed E-state index contributed by atoms with van der Waals surface area (Å²) < 4.78 is 0. The number of rotatable bonds is 3. The van der Waals surface area contributed by atoms with Crippen LogP contribution in [0.5, 0.6) is 0 Å². The lowest BCUT2D eigenvalue weighted by molar-refractivity contribution is -0.123. The SMILES string of the molecule is CN1NNC2=C1c1ccccc1CN(C(=O)CCC(N)=O)c1ccccc12.I.[HH]. The number of halogens is 1. The molecule has 2 aromatic carbocycles. The molecule has 0 saturated carbocycles. The number of benzene rings is 2. The Bertz CT molecular complexity index is 965. The lowest BCUT2D eigenvalue weighted by Gasteiger charge is -2.29. The fourth-order valence-electron chi connectivity index (χ4n) is 3.59. The summed E-state index contributed by atoms with van der Waals surface area (Å²) in [6.07, 6.45) is 0.124. The van der Waals surface area contributed by atoms with Gasteiger partial charge in [0, 0.05) is 32.4 Å². The van der Waals surface area contributed by atoms with Gasteiger partial charge in [-0.1, -0.05) is 42.5 Å². The molecule has 2 heterocycles. The zero-order valence-corrected chi connectivity index (χ0v) is 17.8. The molecule has 0 saturated heterocycles. The quantitative estimate of drug-likeness (QED) is 0.572. The van der Waals surface area contributed by atoms with Crippen LogP contribution in [-0.4, -0.2) is 23.9 Å². The third-order valence-corrected chi connectivity index (χ3v) is 4.87. The minimum atomic E-state index is -0.475. The van der Waals surface area contributed by atoms with Crippen molar-refractivity contribution in [3.63, 3.8) is 0 Å². The minimum Gasteiger partial charge on any atom is -0.370 e. The van der Waals surface area contributed by atoms with Crippen molar-refractivity contribution in [1.82, 2.24) is 16.0 Å². The summed E-state index contributed by atoms with van der Waals surface area (Å²) in [4.78, 5) is 25.8. The van der Waals surface area contributed by atoms with E-state index in [2.05, 4.69) is 17.0 Å². The van der Waals surface area contributed by atoms with Crippen molar-refractivity contribution in [3.8, 4) is 0 Å². The first-order valence-corrected chi connectivity index (χ1v) is 8.82. The van der Waals surface area contributed by atoms with Crippen LogP contribution in [0.2, 0.25) is 0 Å². The Balaban J connectivity index is 0.00000150. The maximum atomic E-state index is 13.0. The monoisotopic (exact) mass is 493 g/mol. The Morgan fingerprint density at radius 2 is 1.75 bits per heavy atom. The number of primary amides is 1. The number of anilines is 1. The van der Waals surface area contributed by atoms with Crippen LogP contribution in [0.15, 0.2) is 48.5 Å². The lowest BCUT2D eigenvalue weighted by atomic mass is 9.96. The summed E-state index contributed by atoms with van der Waals surface area (Å²) in [5.74, 6) is -0.600. The maximum Gasteiger partial charge on any atom is 0.227 e.